The number of hydrogen-bond donors (Lipinski definition) is 2. The van der Waals surface area contributed by atoms with Gasteiger partial charge in [0, 0.05) is 23.4 Å². The van der Waals surface area contributed by atoms with Gasteiger partial charge in [-0.2, -0.15) is 0 Å². The van der Waals surface area contributed by atoms with E-state index in [1.807, 2.05) is 32.9 Å². The predicted molar refractivity (Wildman–Crippen MR) is 102 cm³/mol. The minimum atomic E-state index is -0.612. The van der Waals surface area contributed by atoms with Crippen molar-refractivity contribution in [1.82, 2.24) is 0 Å². The van der Waals surface area contributed by atoms with Gasteiger partial charge in [0.25, 0.3) is 0 Å². The molecule has 130 valence electrons. The Morgan fingerprint density at radius 1 is 1.08 bits per heavy atom. The van der Waals surface area contributed by atoms with Crippen LogP contribution < -0.4 is 15.5 Å². The molecule has 3 amide bonds. The van der Waals surface area contributed by atoms with Crippen molar-refractivity contribution in [2.45, 2.75) is 26.2 Å². The van der Waals surface area contributed by atoms with Crippen LogP contribution in [0.25, 0.3) is 0 Å². The smallest absolute Gasteiger partial charge is 0.314 e. The van der Waals surface area contributed by atoms with Gasteiger partial charge in [-0.15, -0.1) is 0 Å². The van der Waals surface area contributed by atoms with E-state index in [0.717, 1.165) is 16.8 Å². The Kier molecular flexibility index (Phi) is 4.21. The van der Waals surface area contributed by atoms with Gasteiger partial charge in [-0.25, -0.2) is 4.79 Å². The molecule has 0 radical (unpaired) electrons. The summed E-state index contributed by atoms with van der Waals surface area (Å²) in [6, 6.07) is 10.3. The Labute approximate surface area is 152 Å². The fraction of sp³-hybridized carbons (Fsp3) is 0.263. The number of nitrogens with zero attached hydrogens (tertiary/aromatic N) is 1. The summed E-state index contributed by atoms with van der Waals surface area (Å²) in [6.07, 6.45) is 0. The Morgan fingerprint density at radius 2 is 1.68 bits per heavy atom. The highest BCUT2D eigenvalue weighted by Crippen LogP contribution is 2.44. The fourth-order valence-electron chi connectivity index (χ4n) is 3.24. The first-order valence-electron chi connectivity index (χ1n) is 7.97. The number of urea groups is 1. The van der Waals surface area contributed by atoms with E-state index in [9.17, 15) is 9.59 Å². The molecule has 0 bridgehead atoms. The molecule has 0 saturated carbocycles. The third-order valence-electron chi connectivity index (χ3n) is 4.51. The second-order valence-corrected chi connectivity index (χ2v) is 7.20. The topological polar surface area (TPSA) is 61.4 Å². The maximum atomic E-state index is 12.5. The molecule has 0 atom stereocenters. The highest BCUT2D eigenvalue weighted by atomic mass is 35.5. The highest BCUT2D eigenvalue weighted by Gasteiger charge is 2.43. The number of fused-ring (bicyclic) bond motifs is 1. The molecule has 0 aromatic heterocycles. The van der Waals surface area contributed by atoms with Crippen LogP contribution in [0.4, 0.5) is 21.9 Å². The normalized spacial score (nSPS) is 15.1. The molecule has 1 aliphatic heterocycles. The van der Waals surface area contributed by atoms with Gasteiger partial charge in [-0.3, -0.25) is 4.79 Å². The van der Waals surface area contributed by atoms with Gasteiger partial charge in [0.15, 0.2) is 0 Å². The van der Waals surface area contributed by atoms with Crippen LogP contribution in [0, 0.1) is 6.92 Å². The molecule has 25 heavy (non-hydrogen) atoms. The first-order valence-corrected chi connectivity index (χ1v) is 8.35. The van der Waals surface area contributed by atoms with Crippen LogP contribution >= 0.6 is 11.6 Å². The van der Waals surface area contributed by atoms with Crippen LogP contribution in [-0.2, 0) is 10.2 Å². The Hall–Kier alpha value is -2.53. The summed E-state index contributed by atoms with van der Waals surface area (Å²) < 4.78 is 0. The lowest BCUT2D eigenvalue weighted by Gasteiger charge is -2.17. The second kappa shape index (κ2) is 6.08. The van der Waals surface area contributed by atoms with E-state index < -0.39 is 5.41 Å². The molecular weight excluding hydrogens is 338 g/mol. The van der Waals surface area contributed by atoms with Crippen molar-refractivity contribution < 1.29 is 9.59 Å². The zero-order valence-electron chi connectivity index (χ0n) is 14.6. The van der Waals surface area contributed by atoms with Crippen molar-refractivity contribution in [2.24, 2.45) is 0 Å². The molecule has 1 heterocycles. The van der Waals surface area contributed by atoms with Crippen LogP contribution in [-0.4, -0.2) is 19.0 Å². The number of amides is 3. The third-order valence-corrected chi connectivity index (χ3v) is 4.76. The van der Waals surface area contributed by atoms with Crippen LogP contribution in [0.5, 0.6) is 0 Å². The molecule has 2 aromatic rings. The van der Waals surface area contributed by atoms with Crippen LogP contribution in [0.3, 0.4) is 0 Å². The average Bonchev–Trinajstić information content (AvgIpc) is 2.71. The number of carbonyl (C=O) groups excluding carboxylic acids is 2. The van der Waals surface area contributed by atoms with Crippen molar-refractivity contribution >= 4 is 40.6 Å². The first-order chi connectivity index (χ1) is 11.7. The molecule has 0 aliphatic carbocycles. The van der Waals surface area contributed by atoms with Gasteiger partial charge in [0.2, 0.25) is 5.91 Å². The number of aryl methyl sites for hydroxylation is 1. The third kappa shape index (κ3) is 3.07. The lowest BCUT2D eigenvalue weighted by molar-refractivity contribution is -0.121. The van der Waals surface area contributed by atoms with Crippen LogP contribution in [0.1, 0.15) is 25.0 Å². The summed E-state index contributed by atoms with van der Waals surface area (Å²) in [5.74, 6) is 0.0494. The van der Waals surface area contributed by atoms with E-state index in [0.29, 0.717) is 16.4 Å². The summed E-state index contributed by atoms with van der Waals surface area (Å²) in [4.78, 5) is 26.4. The number of carbonyl (C=O) groups is 2. The van der Waals surface area contributed by atoms with Gasteiger partial charge in [-0.05, 0) is 68.3 Å². The minimum Gasteiger partial charge on any atom is -0.314 e. The second-order valence-electron chi connectivity index (χ2n) is 6.76. The molecule has 0 saturated heterocycles. The van der Waals surface area contributed by atoms with Gasteiger partial charge in [-0.1, -0.05) is 11.6 Å². The number of nitrogens with one attached hydrogen (secondary N) is 2. The highest BCUT2D eigenvalue weighted by molar-refractivity contribution is 6.30. The summed E-state index contributed by atoms with van der Waals surface area (Å²) in [6.45, 7) is 5.73. The molecule has 5 nitrogen and oxygen atoms in total. The van der Waals surface area contributed by atoms with Crippen LogP contribution in [0.15, 0.2) is 36.4 Å². The summed E-state index contributed by atoms with van der Waals surface area (Å²) in [5, 5.41) is 6.19. The molecule has 0 fully saturated rings. The molecule has 2 N–H and O–H groups in total. The fourth-order valence-corrected chi connectivity index (χ4v) is 3.36. The molecule has 0 unspecified atom stereocenters. The number of rotatable bonds is 2. The number of benzene rings is 2. The van der Waals surface area contributed by atoms with Gasteiger partial charge in [0.05, 0.1) is 11.1 Å². The summed E-state index contributed by atoms with van der Waals surface area (Å²) in [7, 11) is 1.78. The van der Waals surface area contributed by atoms with Gasteiger partial charge >= 0.3 is 6.03 Å². The number of halogens is 1. The van der Waals surface area contributed by atoms with E-state index in [2.05, 4.69) is 10.6 Å². The Morgan fingerprint density at radius 3 is 2.32 bits per heavy atom. The SMILES string of the molecule is Cc1cc(NC(=O)Nc2ccc(Cl)cc2)cc2c1N(C)C(=O)C2(C)C. The first kappa shape index (κ1) is 17.3. The zero-order chi connectivity index (χ0) is 18.4. The van der Waals surface area contributed by atoms with Crippen molar-refractivity contribution in [3.05, 3.63) is 52.5 Å². The van der Waals surface area contributed by atoms with Crippen molar-refractivity contribution in [1.29, 1.82) is 0 Å². The Balaban J connectivity index is 1.84. The number of anilines is 3. The summed E-state index contributed by atoms with van der Waals surface area (Å²) in [5.41, 5.74) is 3.47. The lowest BCUT2D eigenvalue weighted by atomic mass is 9.85. The maximum Gasteiger partial charge on any atom is 0.323 e. The monoisotopic (exact) mass is 357 g/mol. The molecule has 2 aromatic carbocycles. The standard InChI is InChI=1S/C19H20ClN3O2/c1-11-9-14(10-15-16(11)23(4)17(24)19(15,2)3)22-18(25)21-13-7-5-12(20)6-8-13/h5-10H,1-4H3,(H2,21,22,25). The molecule has 1 aliphatic rings. The Bertz CT molecular complexity index is 860. The van der Waals surface area contributed by atoms with Crippen LogP contribution in [0.2, 0.25) is 5.02 Å². The molecule has 0 spiro atoms. The van der Waals surface area contributed by atoms with E-state index in [1.165, 1.54) is 0 Å². The van der Waals surface area contributed by atoms with Gasteiger partial charge < -0.3 is 15.5 Å². The average molecular weight is 358 g/mol. The molecule has 3 rings (SSSR count). The summed E-state index contributed by atoms with van der Waals surface area (Å²) >= 11 is 5.84. The minimum absolute atomic E-state index is 0.0494. The van der Waals surface area contributed by atoms with E-state index >= 15 is 0 Å². The van der Waals surface area contributed by atoms with Crippen molar-refractivity contribution in [3.8, 4) is 0 Å². The largest absolute Gasteiger partial charge is 0.323 e. The zero-order valence-corrected chi connectivity index (χ0v) is 15.4. The predicted octanol–water partition coefficient (Wildman–Crippen LogP) is 4.55. The molecular formula is C19H20ClN3O2. The van der Waals surface area contributed by atoms with Crippen molar-refractivity contribution in [2.75, 3.05) is 22.6 Å². The van der Waals surface area contributed by atoms with E-state index in [4.69, 9.17) is 11.6 Å². The van der Waals surface area contributed by atoms with E-state index in [-0.39, 0.29) is 11.9 Å². The molecule has 6 heteroatoms. The van der Waals surface area contributed by atoms with Gasteiger partial charge in [0.1, 0.15) is 0 Å². The quantitative estimate of drug-likeness (QED) is 0.828. The number of likely N-dealkylation sites (N-methyl/N-ethyl adjacent to an activating group) is 1. The lowest BCUT2D eigenvalue weighted by Crippen LogP contribution is -2.33. The van der Waals surface area contributed by atoms with Crippen molar-refractivity contribution in [3.63, 3.8) is 0 Å². The maximum absolute atomic E-state index is 12.5. The number of hydrogen-bond acceptors (Lipinski definition) is 2. The van der Waals surface area contributed by atoms with E-state index in [1.54, 1.807) is 36.2 Å².